The van der Waals surface area contributed by atoms with Crippen molar-refractivity contribution in [1.29, 1.82) is 0 Å². The molecule has 8 heteroatoms. The van der Waals surface area contributed by atoms with Crippen LogP contribution < -0.4 is 10.6 Å². The summed E-state index contributed by atoms with van der Waals surface area (Å²) in [4.78, 5) is 46.3. The van der Waals surface area contributed by atoms with Gasteiger partial charge in [-0.05, 0) is 42.7 Å². The average molecular weight is 383 g/mol. The van der Waals surface area contributed by atoms with Gasteiger partial charge in [-0.15, -0.1) is 0 Å². The number of carbonyl (C=O) groups is 3. The lowest BCUT2D eigenvalue weighted by molar-refractivity contribution is -0.136. The van der Waals surface area contributed by atoms with Gasteiger partial charge in [0, 0.05) is 0 Å². The number of aromatic amines is 1. The van der Waals surface area contributed by atoms with E-state index in [1.807, 2.05) is 24.3 Å². The smallest absolute Gasteiger partial charge is 0.324 e. The Morgan fingerprint density at radius 1 is 1.29 bits per heavy atom. The van der Waals surface area contributed by atoms with Crippen molar-refractivity contribution in [3.8, 4) is 0 Å². The van der Waals surface area contributed by atoms with Crippen LogP contribution in [0, 0.1) is 11.3 Å². The quantitative estimate of drug-likeness (QED) is 0.708. The van der Waals surface area contributed by atoms with E-state index in [4.69, 9.17) is 0 Å². The Hall–Kier alpha value is -2.90. The molecule has 0 radical (unpaired) electrons. The number of rotatable bonds is 3. The van der Waals surface area contributed by atoms with Gasteiger partial charge in [0.05, 0.1) is 11.0 Å². The van der Waals surface area contributed by atoms with Gasteiger partial charge in [-0.2, -0.15) is 0 Å². The van der Waals surface area contributed by atoms with E-state index >= 15 is 0 Å². The fraction of sp³-hybridized carbons (Fsp3) is 0.500. The van der Waals surface area contributed by atoms with Crippen LogP contribution in [0.4, 0.5) is 10.7 Å². The standard InChI is InChI=1S/C20H25N5O3/c1-12-8-19(2,3)11-20(9-12)16(27)25(18(28)24-20)10-15(26)23-17-21-13-6-4-5-7-14(13)22-17/h4-7,12H,8-11H2,1-3H3,(H,24,28)(H2,21,22,23,26)/t12-,20-/m1/s1. The maximum absolute atomic E-state index is 13.1. The van der Waals surface area contributed by atoms with E-state index in [2.05, 4.69) is 41.4 Å². The molecular weight excluding hydrogens is 358 g/mol. The van der Waals surface area contributed by atoms with Gasteiger partial charge >= 0.3 is 6.03 Å². The molecule has 1 spiro atoms. The van der Waals surface area contributed by atoms with E-state index in [9.17, 15) is 14.4 Å². The zero-order chi connectivity index (χ0) is 20.1. The minimum Gasteiger partial charge on any atom is -0.324 e. The Kier molecular flexibility index (Phi) is 4.17. The highest BCUT2D eigenvalue weighted by atomic mass is 16.2. The number of hydrogen-bond acceptors (Lipinski definition) is 4. The molecule has 2 aromatic rings. The highest BCUT2D eigenvalue weighted by Crippen LogP contribution is 2.46. The van der Waals surface area contributed by atoms with Gasteiger partial charge in [-0.1, -0.05) is 32.9 Å². The number of fused-ring (bicyclic) bond motifs is 1. The first-order valence-corrected chi connectivity index (χ1v) is 9.56. The second-order valence-corrected chi connectivity index (χ2v) is 8.91. The summed E-state index contributed by atoms with van der Waals surface area (Å²) in [7, 11) is 0. The van der Waals surface area contributed by atoms with E-state index in [0.717, 1.165) is 22.4 Å². The first kappa shape index (κ1) is 18.5. The number of carbonyl (C=O) groups excluding carboxylic acids is 3. The Balaban J connectivity index is 1.47. The molecule has 1 saturated heterocycles. The summed E-state index contributed by atoms with van der Waals surface area (Å²) in [5.41, 5.74) is 0.570. The van der Waals surface area contributed by atoms with E-state index in [-0.39, 0.29) is 17.9 Å². The lowest BCUT2D eigenvalue weighted by Gasteiger charge is -2.43. The van der Waals surface area contributed by atoms with E-state index in [1.54, 1.807) is 0 Å². The summed E-state index contributed by atoms with van der Waals surface area (Å²) in [5, 5.41) is 5.52. The number of aromatic nitrogens is 2. The highest BCUT2D eigenvalue weighted by Gasteiger charge is 2.56. The largest absolute Gasteiger partial charge is 0.325 e. The van der Waals surface area contributed by atoms with Crippen molar-refractivity contribution in [2.45, 2.75) is 45.6 Å². The average Bonchev–Trinajstić information content (AvgIpc) is 3.07. The van der Waals surface area contributed by atoms with Crippen molar-refractivity contribution >= 4 is 34.8 Å². The molecule has 2 fully saturated rings. The Morgan fingerprint density at radius 3 is 2.75 bits per heavy atom. The van der Waals surface area contributed by atoms with Gasteiger partial charge in [0.2, 0.25) is 11.9 Å². The first-order valence-electron chi connectivity index (χ1n) is 9.56. The number of amides is 4. The third-order valence-corrected chi connectivity index (χ3v) is 5.57. The van der Waals surface area contributed by atoms with Crippen LogP contribution in [-0.2, 0) is 9.59 Å². The predicted octanol–water partition coefficient (Wildman–Crippen LogP) is 2.64. The fourth-order valence-electron chi connectivity index (χ4n) is 4.98. The van der Waals surface area contributed by atoms with E-state index < -0.39 is 17.5 Å². The van der Waals surface area contributed by atoms with Crippen molar-refractivity contribution in [1.82, 2.24) is 20.2 Å². The van der Waals surface area contributed by atoms with E-state index in [0.29, 0.717) is 24.7 Å². The molecule has 1 aromatic heterocycles. The van der Waals surface area contributed by atoms with Crippen LogP contribution in [0.2, 0.25) is 0 Å². The minimum absolute atomic E-state index is 0.0485. The molecule has 8 nitrogen and oxygen atoms in total. The number of H-pyrrole nitrogens is 1. The third-order valence-electron chi connectivity index (χ3n) is 5.57. The molecule has 1 aliphatic carbocycles. The maximum Gasteiger partial charge on any atom is 0.325 e. The number of imide groups is 1. The van der Waals surface area contributed by atoms with Crippen molar-refractivity contribution in [2.24, 2.45) is 11.3 Å². The Morgan fingerprint density at radius 2 is 2.04 bits per heavy atom. The molecule has 1 aliphatic heterocycles. The fourth-order valence-corrected chi connectivity index (χ4v) is 4.98. The number of hydrogen-bond donors (Lipinski definition) is 3. The second-order valence-electron chi connectivity index (χ2n) is 8.91. The molecule has 4 amide bonds. The molecule has 0 unspecified atom stereocenters. The number of anilines is 1. The number of imidazole rings is 1. The highest BCUT2D eigenvalue weighted by molar-refractivity contribution is 6.10. The molecule has 4 rings (SSSR count). The maximum atomic E-state index is 13.1. The van der Waals surface area contributed by atoms with Gasteiger partial charge in [0.25, 0.3) is 5.91 Å². The third kappa shape index (κ3) is 3.23. The summed E-state index contributed by atoms with van der Waals surface area (Å²) in [5.74, 6) is -0.169. The zero-order valence-corrected chi connectivity index (χ0v) is 16.3. The van der Waals surface area contributed by atoms with Crippen LogP contribution in [0.15, 0.2) is 24.3 Å². The number of urea groups is 1. The normalized spacial score (nSPS) is 26.7. The van der Waals surface area contributed by atoms with Crippen LogP contribution in [-0.4, -0.2) is 44.8 Å². The van der Waals surface area contributed by atoms with Crippen molar-refractivity contribution in [3.63, 3.8) is 0 Å². The van der Waals surface area contributed by atoms with Gasteiger partial charge in [0.1, 0.15) is 12.1 Å². The van der Waals surface area contributed by atoms with Crippen LogP contribution in [0.25, 0.3) is 11.0 Å². The topological polar surface area (TPSA) is 107 Å². The molecule has 3 N–H and O–H groups in total. The first-order chi connectivity index (χ1) is 13.2. The summed E-state index contributed by atoms with van der Waals surface area (Å²) >= 11 is 0. The lowest BCUT2D eigenvalue weighted by atomic mass is 9.64. The molecule has 1 saturated carbocycles. The van der Waals surface area contributed by atoms with Crippen molar-refractivity contribution in [3.05, 3.63) is 24.3 Å². The molecule has 2 atom stereocenters. The van der Waals surface area contributed by atoms with Gasteiger partial charge in [-0.3, -0.25) is 19.8 Å². The summed E-state index contributed by atoms with van der Waals surface area (Å²) in [6.45, 7) is 5.99. The van der Waals surface area contributed by atoms with Crippen LogP contribution in [0.5, 0.6) is 0 Å². The molecule has 2 heterocycles. The number of nitrogens with one attached hydrogen (secondary N) is 3. The molecular formula is C20H25N5O3. The van der Waals surface area contributed by atoms with Crippen molar-refractivity contribution < 1.29 is 14.4 Å². The minimum atomic E-state index is -0.905. The zero-order valence-electron chi connectivity index (χ0n) is 16.3. The van der Waals surface area contributed by atoms with Gasteiger partial charge < -0.3 is 10.3 Å². The number of para-hydroxylation sites is 2. The molecule has 148 valence electrons. The Bertz CT molecular complexity index is 933. The Labute approximate surface area is 163 Å². The number of benzene rings is 1. The van der Waals surface area contributed by atoms with E-state index in [1.165, 1.54) is 0 Å². The molecule has 1 aromatic carbocycles. The summed E-state index contributed by atoms with van der Waals surface area (Å²) in [6.07, 6.45) is 2.18. The predicted molar refractivity (Wildman–Crippen MR) is 104 cm³/mol. The van der Waals surface area contributed by atoms with Crippen LogP contribution in [0.1, 0.15) is 40.0 Å². The van der Waals surface area contributed by atoms with Gasteiger partial charge in [-0.25, -0.2) is 9.78 Å². The molecule has 28 heavy (non-hydrogen) atoms. The van der Waals surface area contributed by atoms with Crippen LogP contribution >= 0.6 is 0 Å². The monoisotopic (exact) mass is 383 g/mol. The SMILES string of the molecule is C[C@@H]1CC(C)(C)C[C@@]2(C1)NC(=O)N(CC(=O)Nc1nc3ccccc3[nH]1)C2=O. The van der Waals surface area contributed by atoms with Crippen molar-refractivity contribution in [2.75, 3.05) is 11.9 Å². The van der Waals surface area contributed by atoms with Crippen LogP contribution in [0.3, 0.4) is 0 Å². The molecule has 0 bridgehead atoms. The summed E-state index contributed by atoms with van der Waals surface area (Å²) in [6, 6.07) is 6.90. The second kappa shape index (κ2) is 6.32. The number of nitrogens with zero attached hydrogens (tertiary/aromatic N) is 2. The summed E-state index contributed by atoms with van der Waals surface area (Å²) < 4.78 is 0. The van der Waals surface area contributed by atoms with Gasteiger partial charge in [0.15, 0.2) is 0 Å². The lowest BCUT2D eigenvalue weighted by Crippen LogP contribution is -2.54. The molecule has 2 aliphatic rings.